The van der Waals surface area contributed by atoms with Crippen LogP contribution in [0.1, 0.15) is 40.5 Å². The fraction of sp³-hybridized carbons (Fsp3) is 0.429. The molecule has 2 fully saturated rings. The molecule has 10 nitrogen and oxygen atoms in total. The molecule has 0 aromatic carbocycles. The Labute approximate surface area is 177 Å². The largest absolute Gasteiger partial charge is 0.352 e. The molecule has 0 unspecified atom stereocenters. The molecule has 4 aromatic rings. The van der Waals surface area contributed by atoms with Crippen molar-refractivity contribution in [2.75, 3.05) is 31.1 Å². The summed E-state index contributed by atoms with van der Waals surface area (Å²) in [5.74, 6) is 1.30. The first-order chi connectivity index (χ1) is 15.1. The van der Waals surface area contributed by atoms with Gasteiger partial charge in [-0.15, -0.1) is 0 Å². The topological polar surface area (TPSA) is 106 Å². The van der Waals surface area contributed by atoms with Gasteiger partial charge >= 0.3 is 0 Å². The molecule has 0 N–H and O–H groups in total. The lowest BCUT2D eigenvalue weighted by Crippen LogP contribution is -2.49. The Hall–Kier alpha value is -3.56. The molecule has 0 radical (unpaired) electrons. The molecule has 0 spiro atoms. The lowest BCUT2D eigenvalue weighted by atomic mass is 10.1. The second kappa shape index (κ2) is 6.73. The van der Waals surface area contributed by atoms with E-state index in [4.69, 9.17) is 4.52 Å². The van der Waals surface area contributed by atoms with Crippen molar-refractivity contribution in [2.45, 2.75) is 25.7 Å². The summed E-state index contributed by atoms with van der Waals surface area (Å²) in [5.41, 5.74) is 3.55. The molecule has 10 heteroatoms. The van der Waals surface area contributed by atoms with Gasteiger partial charge in [0.25, 0.3) is 11.6 Å². The van der Waals surface area contributed by atoms with Crippen LogP contribution in [0.4, 0.5) is 5.82 Å². The van der Waals surface area contributed by atoms with Crippen molar-refractivity contribution in [1.82, 2.24) is 34.8 Å². The Morgan fingerprint density at radius 3 is 2.74 bits per heavy atom. The van der Waals surface area contributed by atoms with E-state index in [0.717, 1.165) is 40.8 Å². The summed E-state index contributed by atoms with van der Waals surface area (Å²) in [6.07, 6.45) is 5.59. The van der Waals surface area contributed by atoms with Crippen molar-refractivity contribution in [3.8, 4) is 0 Å². The molecule has 1 aliphatic heterocycles. The van der Waals surface area contributed by atoms with Gasteiger partial charge in [0.1, 0.15) is 12.1 Å². The highest BCUT2D eigenvalue weighted by Crippen LogP contribution is 2.40. The van der Waals surface area contributed by atoms with Crippen molar-refractivity contribution in [3.05, 3.63) is 35.5 Å². The maximum atomic E-state index is 13.5. The first-order valence-electron chi connectivity index (χ1n) is 10.5. The van der Waals surface area contributed by atoms with Gasteiger partial charge in [-0.3, -0.25) is 9.48 Å². The molecular formula is C21H22N8O2. The maximum Gasteiger partial charge on any atom is 0.259 e. The third kappa shape index (κ3) is 2.93. The first-order valence-corrected chi connectivity index (χ1v) is 10.5. The lowest BCUT2D eigenvalue weighted by molar-refractivity contribution is 0.0748. The summed E-state index contributed by atoms with van der Waals surface area (Å²) in [5, 5.41) is 10.00. The summed E-state index contributed by atoms with van der Waals surface area (Å²) in [7, 11) is 1.87. The summed E-state index contributed by atoms with van der Waals surface area (Å²) in [4.78, 5) is 31.0. The number of aryl methyl sites for hydroxylation is 2. The molecule has 0 atom stereocenters. The number of pyridine rings is 1. The molecule has 158 valence electrons. The average molecular weight is 418 g/mol. The highest BCUT2D eigenvalue weighted by molar-refractivity contribution is 6.06. The fourth-order valence-electron chi connectivity index (χ4n) is 4.36. The molecule has 31 heavy (non-hydrogen) atoms. The highest BCUT2D eigenvalue weighted by Gasteiger charge is 2.31. The van der Waals surface area contributed by atoms with Crippen molar-refractivity contribution in [1.29, 1.82) is 0 Å². The second-order valence-corrected chi connectivity index (χ2v) is 8.30. The number of anilines is 1. The van der Waals surface area contributed by atoms with Gasteiger partial charge in [-0.05, 0) is 25.8 Å². The molecule has 1 saturated heterocycles. The van der Waals surface area contributed by atoms with Gasteiger partial charge in [0.2, 0.25) is 0 Å². The van der Waals surface area contributed by atoms with Gasteiger partial charge in [0.05, 0.1) is 28.2 Å². The van der Waals surface area contributed by atoms with Crippen LogP contribution in [0, 0.1) is 6.92 Å². The predicted octanol–water partition coefficient (Wildman–Crippen LogP) is 2.05. The molecule has 6 rings (SSSR count). The van der Waals surface area contributed by atoms with E-state index < -0.39 is 0 Å². The van der Waals surface area contributed by atoms with Crippen molar-refractivity contribution in [2.24, 2.45) is 7.05 Å². The number of nitrogens with zero attached hydrogens (tertiary/aromatic N) is 8. The number of hydrogen-bond donors (Lipinski definition) is 0. The van der Waals surface area contributed by atoms with Crippen LogP contribution in [0.25, 0.3) is 22.1 Å². The van der Waals surface area contributed by atoms with Crippen LogP contribution in [-0.4, -0.2) is 66.9 Å². The zero-order valence-corrected chi connectivity index (χ0v) is 17.4. The van der Waals surface area contributed by atoms with Gasteiger partial charge in [-0.25, -0.2) is 15.0 Å². The smallest absolute Gasteiger partial charge is 0.259 e. The molecule has 4 aromatic heterocycles. The molecule has 1 saturated carbocycles. The van der Waals surface area contributed by atoms with Crippen LogP contribution in [0.3, 0.4) is 0 Å². The monoisotopic (exact) mass is 418 g/mol. The Kier molecular flexibility index (Phi) is 3.95. The van der Waals surface area contributed by atoms with Crippen molar-refractivity contribution >= 4 is 33.9 Å². The van der Waals surface area contributed by atoms with Crippen LogP contribution in [0.15, 0.2) is 23.1 Å². The normalized spacial score (nSPS) is 17.1. The SMILES string of the molecule is Cc1noc2nc(C3CC3)cc(C(=O)N3CCN(c4ncnc5c4cnn5C)CC3)c12. The maximum absolute atomic E-state index is 13.5. The van der Waals surface area contributed by atoms with Crippen LogP contribution in [-0.2, 0) is 7.05 Å². The number of fused-ring (bicyclic) bond motifs is 2. The lowest BCUT2D eigenvalue weighted by Gasteiger charge is -2.35. The number of rotatable bonds is 3. The second-order valence-electron chi connectivity index (χ2n) is 8.30. The Bertz CT molecular complexity index is 1310. The van der Waals surface area contributed by atoms with Gasteiger partial charge in [0, 0.05) is 44.8 Å². The van der Waals surface area contributed by atoms with Crippen LogP contribution in [0.2, 0.25) is 0 Å². The van der Waals surface area contributed by atoms with Gasteiger partial charge < -0.3 is 14.3 Å². The number of hydrogen-bond acceptors (Lipinski definition) is 8. The van der Waals surface area contributed by atoms with E-state index in [9.17, 15) is 4.79 Å². The van der Waals surface area contributed by atoms with E-state index in [1.807, 2.05) is 24.9 Å². The number of piperazine rings is 1. The molecule has 2 aliphatic rings. The quantitative estimate of drug-likeness (QED) is 0.498. The number of carbonyl (C=O) groups is 1. The third-order valence-electron chi connectivity index (χ3n) is 6.24. The van der Waals surface area contributed by atoms with Crippen molar-refractivity contribution in [3.63, 3.8) is 0 Å². The van der Waals surface area contributed by atoms with Gasteiger partial charge in [0.15, 0.2) is 5.65 Å². The Morgan fingerprint density at radius 2 is 1.97 bits per heavy atom. The Morgan fingerprint density at radius 1 is 1.16 bits per heavy atom. The average Bonchev–Trinajstić information content (AvgIpc) is 3.50. The van der Waals surface area contributed by atoms with E-state index in [1.165, 1.54) is 0 Å². The van der Waals surface area contributed by atoms with E-state index in [2.05, 4.69) is 30.1 Å². The molecular weight excluding hydrogens is 396 g/mol. The number of carbonyl (C=O) groups excluding carboxylic acids is 1. The van der Waals surface area contributed by atoms with Crippen LogP contribution in [0.5, 0.6) is 0 Å². The highest BCUT2D eigenvalue weighted by atomic mass is 16.5. The van der Waals surface area contributed by atoms with E-state index >= 15 is 0 Å². The fourth-order valence-corrected chi connectivity index (χ4v) is 4.36. The van der Waals surface area contributed by atoms with E-state index in [-0.39, 0.29) is 5.91 Å². The third-order valence-corrected chi connectivity index (χ3v) is 6.24. The molecule has 1 aliphatic carbocycles. The minimum absolute atomic E-state index is 0.00876. The standard InChI is InChI=1S/C21H22N8O2/c1-12-17-14(9-16(13-3-4-13)25-20(17)31-26-12)21(30)29-7-5-28(6-8-29)19-15-10-24-27(2)18(15)22-11-23-19/h9-11,13H,3-8H2,1-2H3. The van der Waals surface area contributed by atoms with E-state index in [0.29, 0.717) is 49.1 Å². The van der Waals surface area contributed by atoms with E-state index in [1.54, 1.807) is 17.2 Å². The van der Waals surface area contributed by atoms with Crippen LogP contribution >= 0.6 is 0 Å². The summed E-state index contributed by atoms with van der Waals surface area (Å²) >= 11 is 0. The minimum atomic E-state index is 0.00876. The summed E-state index contributed by atoms with van der Waals surface area (Å²) in [6, 6.07) is 1.95. The zero-order valence-electron chi connectivity index (χ0n) is 17.4. The van der Waals surface area contributed by atoms with Gasteiger partial charge in [-0.1, -0.05) is 5.16 Å². The first kappa shape index (κ1) is 18.2. The predicted molar refractivity (Wildman–Crippen MR) is 113 cm³/mol. The number of amides is 1. The van der Waals surface area contributed by atoms with Crippen molar-refractivity contribution < 1.29 is 9.32 Å². The molecule has 0 bridgehead atoms. The molecule has 5 heterocycles. The summed E-state index contributed by atoms with van der Waals surface area (Å²) < 4.78 is 7.14. The van der Waals surface area contributed by atoms with Crippen LogP contribution < -0.4 is 4.90 Å². The Balaban J connectivity index is 1.27. The summed E-state index contributed by atoms with van der Waals surface area (Å²) in [6.45, 7) is 4.46. The molecule has 1 amide bonds. The number of aromatic nitrogens is 6. The van der Waals surface area contributed by atoms with Gasteiger partial charge in [-0.2, -0.15) is 5.10 Å². The zero-order chi connectivity index (χ0) is 21.1. The minimum Gasteiger partial charge on any atom is -0.352 e.